The van der Waals surface area contributed by atoms with E-state index in [4.69, 9.17) is 11.2 Å². The Labute approximate surface area is 116 Å². The van der Waals surface area contributed by atoms with Gasteiger partial charge in [-0.2, -0.15) is 0 Å². The lowest BCUT2D eigenvalue weighted by molar-refractivity contribution is -0.122. The van der Waals surface area contributed by atoms with Crippen LogP contribution in [0.2, 0.25) is 0 Å². The molecule has 0 aliphatic heterocycles. The Morgan fingerprint density at radius 3 is 3.05 bits per heavy atom. The summed E-state index contributed by atoms with van der Waals surface area (Å²) >= 11 is 0. The smallest absolute Gasteiger partial charge is 0.258 e. The van der Waals surface area contributed by atoms with Crippen molar-refractivity contribution in [1.29, 1.82) is 0 Å². The number of Topliss-reactive ketones (excluding diaryl/α,β-unsaturated/α-hetero) is 1. The highest BCUT2D eigenvalue weighted by Crippen LogP contribution is 2.39. The van der Waals surface area contributed by atoms with Crippen LogP contribution in [0.5, 0.6) is 5.75 Å². The second-order valence-electron chi connectivity index (χ2n) is 4.63. The molecule has 1 amide bonds. The summed E-state index contributed by atoms with van der Waals surface area (Å²) in [5.74, 6) is 1.37. The number of carbonyl (C=O) groups is 2. The first kappa shape index (κ1) is 14.1. The average molecular weight is 275 g/mol. The van der Waals surface area contributed by atoms with Gasteiger partial charge in [-0.05, 0) is 18.1 Å². The van der Waals surface area contributed by atoms with Gasteiger partial charge in [-0.1, -0.05) is 12.8 Å². The molecule has 0 unspecified atom stereocenters. The molecule has 2 rings (SSSR count). The van der Waals surface area contributed by atoms with Crippen LogP contribution in [0.25, 0.3) is 0 Å². The van der Waals surface area contributed by atoms with E-state index >= 15 is 0 Å². The molecule has 1 aromatic carbocycles. The number of ether oxygens (including phenoxy) is 1. The van der Waals surface area contributed by atoms with Crippen molar-refractivity contribution in [1.82, 2.24) is 5.32 Å². The molecule has 1 atom stereocenters. The Bertz CT molecular complexity index is 604. The van der Waals surface area contributed by atoms with Gasteiger partial charge in [-0.15, -0.1) is 6.42 Å². The second kappa shape index (κ2) is 5.74. The molecule has 5 heteroatoms. The van der Waals surface area contributed by atoms with Crippen LogP contribution in [-0.4, -0.2) is 24.8 Å². The number of amides is 1. The zero-order chi connectivity index (χ0) is 14.7. The lowest BCUT2D eigenvalue weighted by Gasteiger charge is -2.11. The Hall–Kier alpha value is -2.35. The monoisotopic (exact) mass is 275 g/mol. The molecule has 1 aliphatic carbocycles. The fraction of sp³-hybridized carbons (Fsp3) is 0.333. The average Bonchev–Trinajstić information content (AvgIpc) is 2.72. The van der Waals surface area contributed by atoms with Gasteiger partial charge in [0.1, 0.15) is 11.6 Å². The number of hydrogen-bond donors (Lipinski definition) is 1. The first-order chi connectivity index (χ1) is 9.54. The van der Waals surface area contributed by atoms with Gasteiger partial charge in [0.25, 0.3) is 5.91 Å². The third kappa shape index (κ3) is 2.64. The van der Waals surface area contributed by atoms with Crippen molar-refractivity contribution in [3.63, 3.8) is 0 Å². The normalized spacial score (nSPS) is 16.4. The molecule has 0 aromatic heterocycles. The van der Waals surface area contributed by atoms with Crippen LogP contribution in [0.15, 0.2) is 12.1 Å². The number of fused-ring (bicyclic) bond motifs is 1. The minimum atomic E-state index is -0.414. The topological polar surface area (TPSA) is 55.4 Å². The van der Waals surface area contributed by atoms with Gasteiger partial charge in [0.15, 0.2) is 12.4 Å². The van der Waals surface area contributed by atoms with E-state index < -0.39 is 5.82 Å². The maximum absolute atomic E-state index is 13.8. The van der Waals surface area contributed by atoms with Crippen molar-refractivity contribution in [2.75, 3.05) is 13.2 Å². The van der Waals surface area contributed by atoms with Crippen LogP contribution >= 0.6 is 0 Å². The lowest BCUT2D eigenvalue weighted by Crippen LogP contribution is -2.29. The summed E-state index contributed by atoms with van der Waals surface area (Å²) in [6.45, 7) is 1.64. The zero-order valence-corrected chi connectivity index (χ0v) is 11.0. The van der Waals surface area contributed by atoms with E-state index in [2.05, 4.69) is 11.2 Å². The molecular formula is C15H14FNO3. The molecule has 0 saturated heterocycles. The number of hydrogen-bond acceptors (Lipinski definition) is 3. The molecular weight excluding hydrogens is 261 g/mol. The third-order valence-corrected chi connectivity index (χ3v) is 3.16. The van der Waals surface area contributed by atoms with Gasteiger partial charge in [0.05, 0.1) is 12.1 Å². The first-order valence-corrected chi connectivity index (χ1v) is 6.23. The number of rotatable bonds is 4. The van der Waals surface area contributed by atoms with Crippen molar-refractivity contribution in [2.24, 2.45) is 0 Å². The van der Waals surface area contributed by atoms with Gasteiger partial charge >= 0.3 is 0 Å². The molecule has 0 spiro atoms. The van der Waals surface area contributed by atoms with E-state index in [1.165, 1.54) is 12.1 Å². The molecule has 1 aromatic rings. The van der Waals surface area contributed by atoms with Crippen LogP contribution < -0.4 is 10.1 Å². The molecule has 0 saturated carbocycles. The number of benzene rings is 1. The predicted octanol–water partition coefficient (Wildman–Crippen LogP) is 1.64. The van der Waals surface area contributed by atoms with E-state index in [9.17, 15) is 14.0 Å². The summed E-state index contributed by atoms with van der Waals surface area (Å²) in [5.41, 5.74) is 0.624. The molecule has 104 valence electrons. The number of ketones is 1. The number of carbonyl (C=O) groups excluding carboxylic acids is 2. The van der Waals surface area contributed by atoms with Crippen molar-refractivity contribution in [2.45, 2.75) is 19.3 Å². The molecule has 1 N–H and O–H groups in total. The SMILES string of the molecule is C#CCNC(=O)COc1ccc(F)c2c1C(=O)C[C@H]2C. The standard InChI is InChI=1S/C15H14FNO3/c1-3-6-17-13(19)8-20-12-5-4-10(16)14-9(2)7-11(18)15(12)14/h1,4-5,9H,6-8H2,2H3,(H,17,19)/t9-/m1/s1. The quantitative estimate of drug-likeness (QED) is 0.850. The Morgan fingerprint density at radius 1 is 1.60 bits per heavy atom. The molecule has 0 radical (unpaired) electrons. The summed E-state index contributed by atoms with van der Waals surface area (Å²) in [5, 5.41) is 2.44. The fourth-order valence-electron chi connectivity index (χ4n) is 2.29. The Balaban J connectivity index is 2.17. The summed E-state index contributed by atoms with van der Waals surface area (Å²) in [7, 11) is 0. The van der Waals surface area contributed by atoms with E-state index in [0.717, 1.165) is 0 Å². The minimum absolute atomic E-state index is 0.111. The van der Waals surface area contributed by atoms with Crippen molar-refractivity contribution in [3.05, 3.63) is 29.1 Å². The largest absolute Gasteiger partial charge is 0.483 e. The van der Waals surface area contributed by atoms with E-state index in [1.54, 1.807) is 6.92 Å². The van der Waals surface area contributed by atoms with E-state index in [0.29, 0.717) is 5.56 Å². The highest BCUT2D eigenvalue weighted by Gasteiger charge is 2.32. The third-order valence-electron chi connectivity index (χ3n) is 3.16. The Morgan fingerprint density at radius 2 is 2.35 bits per heavy atom. The Kier molecular flexibility index (Phi) is 4.04. The predicted molar refractivity (Wildman–Crippen MR) is 71.1 cm³/mol. The van der Waals surface area contributed by atoms with Crippen molar-refractivity contribution < 1.29 is 18.7 Å². The highest BCUT2D eigenvalue weighted by atomic mass is 19.1. The molecule has 20 heavy (non-hydrogen) atoms. The van der Waals surface area contributed by atoms with E-state index in [1.807, 2.05) is 0 Å². The van der Waals surface area contributed by atoms with Crippen LogP contribution in [-0.2, 0) is 4.79 Å². The second-order valence-corrected chi connectivity index (χ2v) is 4.63. The van der Waals surface area contributed by atoms with Crippen LogP contribution in [0, 0.1) is 18.2 Å². The summed E-state index contributed by atoms with van der Waals surface area (Å²) in [4.78, 5) is 23.3. The summed E-state index contributed by atoms with van der Waals surface area (Å²) < 4.78 is 19.1. The van der Waals surface area contributed by atoms with Crippen LogP contribution in [0.4, 0.5) is 4.39 Å². The van der Waals surface area contributed by atoms with Gasteiger partial charge in [0.2, 0.25) is 0 Å². The van der Waals surface area contributed by atoms with Crippen molar-refractivity contribution in [3.8, 4) is 18.1 Å². The van der Waals surface area contributed by atoms with Gasteiger partial charge in [-0.25, -0.2) is 4.39 Å². The fourth-order valence-corrected chi connectivity index (χ4v) is 2.29. The van der Waals surface area contributed by atoms with Gasteiger partial charge in [-0.3, -0.25) is 9.59 Å². The number of terminal acetylenes is 1. The lowest BCUT2D eigenvalue weighted by atomic mass is 10.0. The van der Waals surface area contributed by atoms with Crippen LogP contribution in [0.3, 0.4) is 0 Å². The maximum Gasteiger partial charge on any atom is 0.258 e. The van der Waals surface area contributed by atoms with Gasteiger partial charge in [0, 0.05) is 12.0 Å². The molecule has 0 fully saturated rings. The summed E-state index contributed by atoms with van der Waals surface area (Å²) in [6.07, 6.45) is 5.28. The number of halogens is 1. The summed E-state index contributed by atoms with van der Waals surface area (Å²) in [6, 6.07) is 2.63. The zero-order valence-electron chi connectivity index (χ0n) is 11.0. The minimum Gasteiger partial charge on any atom is -0.483 e. The molecule has 0 bridgehead atoms. The molecule has 1 aliphatic rings. The number of nitrogens with one attached hydrogen (secondary N) is 1. The highest BCUT2D eigenvalue weighted by molar-refractivity contribution is 6.03. The first-order valence-electron chi connectivity index (χ1n) is 6.23. The van der Waals surface area contributed by atoms with Crippen molar-refractivity contribution >= 4 is 11.7 Å². The maximum atomic E-state index is 13.8. The molecule has 0 heterocycles. The van der Waals surface area contributed by atoms with Crippen LogP contribution in [0.1, 0.15) is 35.2 Å². The molecule has 4 nitrogen and oxygen atoms in total. The van der Waals surface area contributed by atoms with Gasteiger partial charge < -0.3 is 10.1 Å². The van der Waals surface area contributed by atoms with E-state index in [-0.39, 0.29) is 48.5 Å².